The average Bonchev–Trinajstić information content (AvgIpc) is 2.85. The first-order chi connectivity index (χ1) is 11.4. The molecule has 0 fully saturated rings. The second-order valence-electron chi connectivity index (χ2n) is 6.33. The van der Waals surface area contributed by atoms with Crippen LogP contribution in [0.5, 0.6) is 0 Å². The van der Waals surface area contributed by atoms with Crippen molar-refractivity contribution in [3.63, 3.8) is 0 Å². The minimum atomic E-state index is -0.0932. The summed E-state index contributed by atoms with van der Waals surface area (Å²) in [6.07, 6.45) is 0. The van der Waals surface area contributed by atoms with Crippen molar-refractivity contribution in [2.45, 2.75) is 27.7 Å². The molecule has 1 heterocycles. The van der Waals surface area contributed by atoms with E-state index in [4.69, 9.17) is 0 Å². The molecule has 2 aromatic carbocycles. The number of aryl methyl sites for hydroxylation is 4. The van der Waals surface area contributed by atoms with Crippen LogP contribution in [0.1, 0.15) is 32.9 Å². The van der Waals surface area contributed by atoms with Gasteiger partial charge in [0.05, 0.1) is 0 Å². The van der Waals surface area contributed by atoms with Gasteiger partial charge < -0.3 is 9.88 Å². The smallest absolute Gasteiger partial charge is 0.255 e. The highest BCUT2D eigenvalue weighted by Gasteiger charge is 2.10. The number of nitrogens with one attached hydrogen (secondary N) is 1. The predicted molar refractivity (Wildman–Crippen MR) is 99.1 cm³/mol. The standard InChI is InChI=1S/C21H22N2O/c1-14-10-15(2)12-19(11-14)22-21(24)18-6-5-7-20(13-18)23-16(3)8-9-17(23)4/h5-13H,1-4H3,(H,22,24). The molecule has 0 saturated heterocycles. The number of amides is 1. The van der Waals surface area contributed by atoms with E-state index in [1.165, 1.54) is 0 Å². The summed E-state index contributed by atoms with van der Waals surface area (Å²) in [5, 5.41) is 2.99. The van der Waals surface area contributed by atoms with Gasteiger partial charge in [-0.15, -0.1) is 0 Å². The Bertz CT molecular complexity index is 866. The predicted octanol–water partition coefficient (Wildman–Crippen LogP) is 4.96. The summed E-state index contributed by atoms with van der Waals surface area (Å²) in [6, 6.07) is 17.9. The van der Waals surface area contributed by atoms with Gasteiger partial charge >= 0.3 is 0 Å². The van der Waals surface area contributed by atoms with Gasteiger partial charge in [0, 0.05) is 28.3 Å². The van der Waals surface area contributed by atoms with Gasteiger partial charge in [-0.3, -0.25) is 4.79 Å². The maximum absolute atomic E-state index is 12.6. The summed E-state index contributed by atoms with van der Waals surface area (Å²) < 4.78 is 2.15. The Morgan fingerprint density at radius 3 is 2.08 bits per heavy atom. The van der Waals surface area contributed by atoms with Crippen LogP contribution in [0.15, 0.2) is 54.6 Å². The quantitative estimate of drug-likeness (QED) is 0.727. The van der Waals surface area contributed by atoms with Gasteiger partial charge in [0.25, 0.3) is 5.91 Å². The van der Waals surface area contributed by atoms with Crippen molar-refractivity contribution in [2.75, 3.05) is 5.32 Å². The van der Waals surface area contributed by atoms with Gasteiger partial charge in [-0.05, 0) is 81.3 Å². The number of benzene rings is 2. The van der Waals surface area contributed by atoms with E-state index < -0.39 is 0 Å². The van der Waals surface area contributed by atoms with Crippen LogP contribution in [0, 0.1) is 27.7 Å². The van der Waals surface area contributed by atoms with Crippen LogP contribution >= 0.6 is 0 Å². The average molecular weight is 318 g/mol. The number of hydrogen-bond acceptors (Lipinski definition) is 1. The molecular weight excluding hydrogens is 296 g/mol. The van der Waals surface area contributed by atoms with Gasteiger partial charge in [0.15, 0.2) is 0 Å². The molecule has 0 atom stereocenters. The van der Waals surface area contributed by atoms with Crippen molar-refractivity contribution >= 4 is 11.6 Å². The third-order valence-electron chi connectivity index (χ3n) is 4.12. The van der Waals surface area contributed by atoms with Gasteiger partial charge in [0.1, 0.15) is 0 Å². The summed E-state index contributed by atoms with van der Waals surface area (Å²) >= 11 is 0. The zero-order valence-electron chi connectivity index (χ0n) is 14.6. The molecule has 3 rings (SSSR count). The van der Waals surface area contributed by atoms with Crippen LogP contribution in [0.2, 0.25) is 0 Å². The fraction of sp³-hybridized carbons (Fsp3) is 0.190. The molecule has 122 valence electrons. The second kappa shape index (κ2) is 6.36. The fourth-order valence-electron chi connectivity index (χ4n) is 3.11. The van der Waals surface area contributed by atoms with Crippen LogP contribution in [-0.2, 0) is 0 Å². The number of carbonyl (C=O) groups is 1. The lowest BCUT2D eigenvalue weighted by molar-refractivity contribution is 0.102. The van der Waals surface area contributed by atoms with Gasteiger partial charge in [-0.2, -0.15) is 0 Å². The molecule has 0 unspecified atom stereocenters. The lowest BCUT2D eigenvalue weighted by atomic mass is 10.1. The normalized spacial score (nSPS) is 10.7. The Hall–Kier alpha value is -2.81. The van der Waals surface area contributed by atoms with Crippen LogP contribution in [0.3, 0.4) is 0 Å². The van der Waals surface area contributed by atoms with Crippen molar-refractivity contribution < 1.29 is 4.79 Å². The van der Waals surface area contributed by atoms with Gasteiger partial charge in [-0.25, -0.2) is 0 Å². The molecule has 0 bridgehead atoms. The molecular formula is C21H22N2O. The highest BCUT2D eigenvalue weighted by Crippen LogP contribution is 2.19. The van der Waals surface area contributed by atoms with Crippen molar-refractivity contribution in [3.8, 4) is 5.69 Å². The molecule has 0 aliphatic heterocycles. The van der Waals surface area contributed by atoms with Crippen LogP contribution < -0.4 is 5.32 Å². The van der Waals surface area contributed by atoms with E-state index in [1.54, 1.807) is 0 Å². The van der Waals surface area contributed by atoms with Crippen molar-refractivity contribution in [1.82, 2.24) is 4.57 Å². The Labute approximate surface area is 143 Å². The SMILES string of the molecule is Cc1cc(C)cc(NC(=O)c2cccc(-n3c(C)ccc3C)c2)c1. The maximum atomic E-state index is 12.6. The number of rotatable bonds is 3. The molecule has 0 radical (unpaired) electrons. The molecule has 0 aliphatic rings. The second-order valence-corrected chi connectivity index (χ2v) is 6.33. The third kappa shape index (κ3) is 3.25. The molecule has 1 N–H and O–H groups in total. The zero-order chi connectivity index (χ0) is 17.3. The van der Waals surface area contributed by atoms with Gasteiger partial charge in [-0.1, -0.05) is 12.1 Å². The monoisotopic (exact) mass is 318 g/mol. The summed E-state index contributed by atoms with van der Waals surface area (Å²) in [6.45, 7) is 8.19. The minimum absolute atomic E-state index is 0.0932. The molecule has 1 amide bonds. The molecule has 3 aromatic rings. The summed E-state index contributed by atoms with van der Waals surface area (Å²) in [4.78, 5) is 12.6. The zero-order valence-corrected chi connectivity index (χ0v) is 14.6. The number of hydrogen-bond donors (Lipinski definition) is 1. The Morgan fingerprint density at radius 1 is 0.833 bits per heavy atom. The Morgan fingerprint density at radius 2 is 1.46 bits per heavy atom. The van der Waals surface area contributed by atoms with E-state index in [9.17, 15) is 4.79 Å². The Balaban J connectivity index is 1.90. The van der Waals surface area contributed by atoms with E-state index in [-0.39, 0.29) is 5.91 Å². The molecule has 3 nitrogen and oxygen atoms in total. The van der Waals surface area contributed by atoms with E-state index in [0.29, 0.717) is 5.56 Å². The van der Waals surface area contributed by atoms with E-state index in [0.717, 1.165) is 33.9 Å². The molecule has 0 spiro atoms. The van der Waals surface area contributed by atoms with Crippen molar-refractivity contribution in [2.24, 2.45) is 0 Å². The van der Waals surface area contributed by atoms with E-state index in [2.05, 4.69) is 41.9 Å². The molecule has 0 aliphatic carbocycles. The number of anilines is 1. The maximum Gasteiger partial charge on any atom is 0.255 e. The van der Waals surface area contributed by atoms with Crippen LogP contribution in [-0.4, -0.2) is 10.5 Å². The van der Waals surface area contributed by atoms with E-state index >= 15 is 0 Å². The number of aromatic nitrogens is 1. The summed E-state index contributed by atoms with van der Waals surface area (Å²) in [5.74, 6) is -0.0932. The van der Waals surface area contributed by atoms with Crippen molar-refractivity contribution in [3.05, 3.63) is 82.7 Å². The molecule has 24 heavy (non-hydrogen) atoms. The lowest BCUT2D eigenvalue weighted by Gasteiger charge is -2.12. The van der Waals surface area contributed by atoms with Crippen LogP contribution in [0.4, 0.5) is 5.69 Å². The lowest BCUT2D eigenvalue weighted by Crippen LogP contribution is -2.13. The molecule has 1 aromatic heterocycles. The first-order valence-electron chi connectivity index (χ1n) is 8.09. The number of nitrogens with zero attached hydrogens (tertiary/aromatic N) is 1. The third-order valence-corrected chi connectivity index (χ3v) is 4.12. The molecule has 0 saturated carbocycles. The fourth-order valence-corrected chi connectivity index (χ4v) is 3.11. The highest BCUT2D eigenvalue weighted by molar-refractivity contribution is 6.04. The first kappa shape index (κ1) is 16.1. The minimum Gasteiger partial charge on any atom is -0.322 e. The number of carbonyl (C=O) groups excluding carboxylic acids is 1. The topological polar surface area (TPSA) is 34.0 Å². The largest absolute Gasteiger partial charge is 0.322 e. The highest BCUT2D eigenvalue weighted by atomic mass is 16.1. The summed E-state index contributed by atoms with van der Waals surface area (Å²) in [7, 11) is 0. The van der Waals surface area contributed by atoms with Crippen molar-refractivity contribution in [1.29, 1.82) is 0 Å². The van der Waals surface area contributed by atoms with Crippen LogP contribution in [0.25, 0.3) is 5.69 Å². The van der Waals surface area contributed by atoms with E-state index in [1.807, 2.05) is 50.2 Å². The molecule has 3 heteroatoms. The summed E-state index contributed by atoms with van der Waals surface area (Å²) in [5.41, 5.74) is 7.06. The Kier molecular flexibility index (Phi) is 4.26. The van der Waals surface area contributed by atoms with Gasteiger partial charge in [0.2, 0.25) is 0 Å². The first-order valence-corrected chi connectivity index (χ1v) is 8.09.